The van der Waals surface area contributed by atoms with Gasteiger partial charge >= 0.3 is 0 Å². The van der Waals surface area contributed by atoms with Crippen LogP contribution in [0, 0.1) is 5.92 Å². The van der Waals surface area contributed by atoms with Crippen LogP contribution in [0.2, 0.25) is 0 Å². The molecule has 1 unspecified atom stereocenters. The molecular weight excluding hydrogens is 290 g/mol. The highest BCUT2D eigenvalue weighted by Gasteiger charge is 2.20. The van der Waals surface area contributed by atoms with E-state index in [-0.39, 0.29) is 0 Å². The fraction of sp³-hybridized carbons (Fsp3) is 0.714. The van der Waals surface area contributed by atoms with Crippen molar-refractivity contribution in [2.24, 2.45) is 5.92 Å². The van der Waals surface area contributed by atoms with Crippen LogP contribution in [-0.2, 0) is 6.42 Å². The SMILES string of the molecule is CCCc1cc(N2CCCC(CCBr)C2)ncn1. The fourth-order valence-electron chi connectivity index (χ4n) is 2.61. The Hall–Kier alpha value is -0.640. The summed E-state index contributed by atoms with van der Waals surface area (Å²) < 4.78 is 0. The number of aryl methyl sites for hydroxylation is 1. The van der Waals surface area contributed by atoms with E-state index in [1.165, 1.54) is 25.0 Å². The molecule has 0 N–H and O–H groups in total. The molecule has 2 rings (SSSR count). The Morgan fingerprint density at radius 2 is 2.33 bits per heavy atom. The maximum absolute atomic E-state index is 4.44. The summed E-state index contributed by atoms with van der Waals surface area (Å²) >= 11 is 3.55. The van der Waals surface area contributed by atoms with Gasteiger partial charge in [0, 0.05) is 30.2 Å². The number of halogens is 1. The van der Waals surface area contributed by atoms with Crippen molar-refractivity contribution in [1.29, 1.82) is 0 Å². The molecule has 1 aromatic heterocycles. The molecule has 0 bridgehead atoms. The quantitative estimate of drug-likeness (QED) is 0.780. The largest absolute Gasteiger partial charge is 0.356 e. The van der Waals surface area contributed by atoms with Gasteiger partial charge in [-0.1, -0.05) is 29.3 Å². The lowest BCUT2D eigenvalue weighted by Gasteiger charge is -2.33. The molecule has 4 heteroatoms. The van der Waals surface area contributed by atoms with E-state index in [4.69, 9.17) is 0 Å². The van der Waals surface area contributed by atoms with Crippen LogP contribution >= 0.6 is 15.9 Å². The molecule has 0 aliphatic carbocycles. The molecule has 100 valence electrons. The van der Waals surface area contributed by atoms with Gasteiger partial charge in [0.25, 0.3) is 0 Å². The van der Waals surface area contributed by atoms with Gasteiger partial charge in [0.2, 0.25) is 0 Å². The maximum atomic E-state index is 4.44. The van der Waals surface area contributed by atoms with Crippen molar-refractivity contribution < 1.29 is 0 Å². The highest BCUT2D eigenvalue weighted by molar-refractivity contribution is 9.09. The monoisotopic (exact) mass is 311 g/mol. The Kier molecular flexibility index (Phi) is 5.42. The van der Waals surface area contributed by atoms with Crippen molar-refractivity contribution in [3.63, 3.8) is 0 Å². The summed E-state index contributed by atoms with van der Waals surface area (Å²) in [6, 6.07) is 2.17. The molecule has 0 spiro atoms. The van der Waals surface area contributed by atoms with E-state index in [9.17, 15) is 0 Å². The summed E-state index contributed by atoms with van der Waals surface area (Å²) in [7, 11) is 0. The molecular formula is C14H22BrN3. The Morgan fingerprint density at radius 3 is 3.11 bits per heavy atom. The van der Waals surface area contributed by atoms with Crippen molar-refractivity contribution in [2.45, 2.75) is 39.0 Å². The van der Waals surface area contributed by atoms with E-state index in [0.29, 0.717) is 0 Å². The maximum Gasteiger partial charge on any atom is 0.132 e. The first-order chi connectivity index (χ1) is 8.83. The number of alkyl halides is 1. The molecule has 1 aliphatic heterocycles. The van der Waals surface area contributed by atoms with Gasteiger partial charge in [-0.25, -0.2) is 9.97 Å². The van der Waals surface area contributed by atoms with E-state index in [0.717, 1.165) is 43.0 Å². The molecule has 1 aliphatic rings. The third-order valence-electron chi connectivity index (χ3n) is 3.58. The Labute approximate surface area is 118 Å². The van der Waals surface area contributed by atoms with Crippen LogP contribution in [0.15, 0.2) is 12.4 Å². The molecule has 0 radical (unpaired) electrons. The minimum absolute atomic E-state index is 0.808. The average Bonchev–Trinajstić information content (AvgIpc) is 2.40. The summed E-state index contributed by atoms with van der Waals surface area (Å²) in [5.41, 5.74) is 1.17. The Bertz CT molecular complexity index is 368. The van der Waals surface area contributed by atoms with Crippen LogP contribution in [0.25, 0.3) is 0 Å². The lowest BCUT2D eigenvalue weighted by atomic mass is 9.95. The zero-order valence-corrected chi connectivity index (χ0v) is 12.7. The molecule has 0 saturated carbocycles. The van der Waals surface area contributed by atoms with Crippen molar-refractivity contribution in [3.05, 3.63) is 18.1 Å². The number of nitrogens with zero attached hydrogens (tertiary/aromatic N) is 3. The Morgan fingerprint density at radius 1 is 1.44 bits per heavy atom. The van der Waals surface area contributed by atoms with Crippen LogP contribution in [0.5, 0.6) is 0 Å². The molecule has 1 atom stereocenters. The van der Waals surface area contributed by atoms with Crippen LogP contribution < -0.4 is 4.90 Å². The summed E-state index contributed by atoms with van der Waals surface area (Å²) in [5.74, 6) is 1.93. The van der Waals surface area contributed by atoms with Gasteiger partial charge in [0.05, 0.1) is 0 Å². The topological polar surface area (TPSA) is 29.0 Å². The smallest absolute Gasteiger partial charge is 0.132 e. The number of hydrogen-bond acceptors (Lipinski definition) is 3. The van der Waals surface area contributed by atoms with Crippen molar-refractivity contribution >= 4 is 21.7 Å². The molecule has 1 saturated heterocycles. The predicted octanol–water partition coefficient (Wildman–Crippen LogP) is 3.43. The second-order valence-electron chi connectivity index (χ2n) is 5.05. The first-order valence-electron chi connectivity index (χ1n) is 6.95. The number of hydrogen-bond donors (Lipinski definition) is 0. The second-order valence-corrected chi connectivity index (χ2v) is 5.84. The standard InChI is InChI=1S/C14H22BrN3/c1-2-4-13-9-14(17-11-16-13)18-8-3-5-12(10-18)6-7-15/h9,11-12H,2-8,10H2,1H3. The minimum Gasteiger partial charge on any atom is -0.356 e. The number of piperidine rings is 1. The third-order valence-corrected chi connectivity index (χ3v) is 4.03. The molecule has 3 nitrogen and oxygen atoms in total. The van der Waals surface area contributed by atoms with Gasteiger partial charge in [-0.05, 0) is 31.6 Å². The molecule has 0 amide bonds. The van der Waals surface area contributed by atoms with E-state index in [2.05, 4.69) is 43.8 Å². The van der Waals surface area contributed by atoms with Crippen LogP contribution in [-0.4, -0.2) is 28.4 Å². The molecule has 18 heavy (non-hydrogen) atoms. The summed E-state index contributed by atoms with van der Waals surface area (Å²) in [6.07, 6.45) is 7.81. The van der Waals surface area contributed by atoms with Gasteiger partial charge in [-0.3, -0.25) is 0 Å². The van der Waals surface area contributed by atoms with Crippen molar-refractivity contribution in [2.75, 3.05) is 23.3 Å². The normalized spacial score (nSPS) is 20.1. The van der Waals surface area contributed by atoms with E-state index >= 15 is 0 Å². The Balaban J connectivity index is 2.03. The number of anilines is 1. The van der Waals surface area contributed by atoms with Crippen molar-refractivity contribution in [3.8, 4) is 0 Å². The van der Waals surface area contributed by atoms with E-state index < -0.39 is 0 Å². The highest BCUT2D eigenvalue weighted by Crippen LogP contribution is 2.24. The third kappa shape index (κ3) is 3.67. The van der Waals surface area contributed by atoms with Gasteiger partial charge in [0.1, 0.15) is 12.1 Å². The lowest BCUT2D eigenvalue weighted by Crippen LogP contribution is -2.36. The fourth-order valence-corrected chi connectivity index (χ4v) is 3.26. The van der Waals surface area contributed by atoms with Crippen LogP contribution in [0.4, 0.5) is 5.82 Å². The predicted molar refractivity (Wildman–Crippen MR) is 79.4 cm³/mol. The van der Waals surface area contributed by atoms with Crippen molar-refractivity contribution in [1.82, 2.24) is 9.97 Å². The zero-order valence-electron chi connectivity index (χ0n) is 11.1. The first kappa shape index (κ1) is 13.8. The van der Waals surface area contributed by atoms with Crippen LogP contribution in [0.1, 0.15) is 38.3 Å². The molecule has 1 aromatic rings. The van der Waals surface area contributed by atoms with Crippen LogP contribution in [0.3, 0.4) is 0 Å². The molecule has 1 fully saturated rings. The minimum atomic E-state index is 0.808. The molecule has 0 aromatic carbocycles. The van der Waals surface area contributed by atoms with Gasteiger partial charge in [-0.15, -0.1) is 0 Å². The lowest BCUT2D eigenvalue weighted by molar-refractivity contribution is 0.406. The number of rotatable bonds is 5. The van der Waals surface area contributed by atoms with Gasteiger partial charge < -0.3 is 4.90 Å². The first-order valence-corrected chi connectivity index (χ1v) is 8.07. The second kappa shape index (κ2) is 7.07. The summed E-state index contributed by atoms with van der Waals surface area (Å²) in [6.45, 7) is 4.48. The van der Waals surface area contributed by atoms with E-state index in [1.54, 1.807) is 6.33 Å². The van der Waals surface area contributed by atoms with Gasteiger partial charge in [0.15, 0.2) is 0 Å². The number of aromatic nitrogens is 2. The van der Waals surface area contributed by atoms with E-state index in [1.807, 2.05) is 0 Å². The summed E-state index contributed by atoms with van der Waals surface area (Å²) in [5, 5.41) is 1.11. The highest BCUT2D eigenvalue weighted by atomic mass is 79.9. The zero-order chi connectivity index (χ0) is 12.8. The average molecular weight is 312 g/mol. The molecule has 2 heterocycles. The summed E-state index contributed by atoms with van der Waals surface area (Å²) in [4.78, 5) is 11.2. The van der Waals surface area contributed by atoms with Gasteiger partial charge in [-0.2, -0.15) is 0 Å².